The predicted molar refractivity (Wildman–Crippen MR) is 95.1 cm³/mol. The summed E-state index contributed by atoms with van der Waals surface area (Å²) in [6.07, 6.45) is 3.66. The van der Waals surface area contributed by atoms with Crippen molar-refractivity contribution in [3.8, 4) is 0 Å². The number of hydrogen-bond acceptors (Lipinski definition) is 3. The average molecular weight is 354 g/mol. The van der Waals surface area contributed by atoms with E-state index < -0.39 is 0 Å². The van der Waals surface area contributed by atoms with Crippen molar-refractivity contribution >= 4 is 16.9 Å². The number of halogens is 1. The van der Waals surface area contributed by atoms with Crippen LogP contribution in [0.25, 0.3) is 11.0 Å². The van der Waals surface area contributed by atoms with Crippen LogP contribution in [0.2, 0.25) is 0 Å². The van der Waals surface area contributed by atoms with Gasteiger partial charge in [0.15, 0.2) is 0 Å². The number of amides is 1. The van der Waals surface area contributed by atoms with Gasteiger partial charge in [-0.2, -0.15) is 0 Å². The molecule has 1 aromatic carbocycles. The van der Waals surface area contributed by atoms with E-state index in [-0.39, 0.29) is 29.7 Å². The number of carbonyl (C=O) groups is 1. The highest BCUT2D eigenvalue weighted by Gasteiger charge is 2.31. The molecule has 1 amide bonds. The number of aryl methyl sites for hydroxylation is 1. The standard InChI is InChI=1S/C19H19FN4O2/c20-13-6-7-14-15(12-13)22-19(21-14)16-4-3-10-24(16)18(26)8-11-23-9-2-1-5-17(23)25/h1-2,5-7,9,12,16H,3-4,8,10-11H2,(H,21,22). The normalized spacial score (nSPS) is 17.1. The van der Waals surface area contributed by atoms with Gasteiger partial charge in [0, 0.05) is 31.8 Å². The Kier molecular flexibility index (Phi) is 4.28. The minimum Gasteiger partial charge on any atom is -0.340 e. The smallest absolute Gasteiger partial charge is 0.250 e. The molecule has 4 rings (SSSR count). The number of aromatic amines is 1. The van der Waals surface area contributed by atoms with Crippen molar-refractivity contribution in [2.24, 2.45) is 0 Å². The molecule has 1 fully saturated rings. The molecule has 134 valence electrons. The van der Waals surface area contributed by atoms with Crippen LogP contribution in [0.1, 0.15) is 31.1 Å². The molecule has 2 aromatic heterocycles. The molecule has 0 radical (unpaired) electrons. The quantitative estimate of drug-likeness (QED) is 0.783. The zero-order chi connectivity index (χ0) is 18.1. The summed E-state index contributed by atoms with van der Waals surface area (Å²) >= 11 is 0. The van der Waals surface area contributed by atoms with E-state index in [1.165, 1.54) is 22.8 Å². The molecule has 1 aliphatic rings. The third-order valence-corrected chi connectivity index (χ3v) is 4.82. The molecular formula is C19H19FN4O2. The van der Waals surface area contributed by atoms with Gasteiger partial charge >= 0.3 is 0 Å². The van der Waals surface area contributed by atoms with Crippen molar-refractivity contribution in [3.63, 3.8) is 0 Å². The number of aromatic nitrogens is 3. The number of carbonyl (C=O) groups excluding carboxylic acids is 1. The number of fused-ring (bicyclic) bond motifs is 1. The Morgan fingerprint density at radius 1 is 1.31 bits per heavy atom. The first kappa shape index (κ1) is 16.5. The Hall–Kier alpha value is -2.96. The third kappa shape index (κ3) is 3.12. The molecule has 0 spiro atoms. The fraction of sp³-hybridized carbons (Fsp3) is 0.316. The maximum atomic E-state index is 13.4. The van der Waals surface area contributed by atoms with E-state index in [1.807, 2.05) is 4.90 Å². The van der Waals surface area contributed by atoms with Crippen LogP contribution >= 0.6 is 0 Å². The first-order chi connectivity index (χ1) is 12.6. The SMILES string of the molecule is O=C(CCn1ccccc1=O)N1CCCC1c1nc2ccc(F)cc2[nH]1. The Morgan fingerprint density at radius 2 is 2.19 bits per heavy atom. The highest BCUT2D eigenvalue weighted by molar-refractivity contribution is 5.78. The summed E-state index contributed by atoms with van der Waals surface area (Å²) < 4.78 is 14.9. The number of nitrogens with zero attached hydrogens (tertiary/aromatic N) is 3. The first-order valence-electron chi connectivity index (χ1n) is 8.72. The first-order valence-corrected chi connectivity index (χ1v) is 8.72. The summed E-state index contributed by atoms with van der Waals surface area (Å²) in [5, 5.41) is 0. The summed E-state index contributed by atoms with van der Waals surface area (Å²) in [6.45, 7) is 1.02. The topological polar surface area (TPSA) is 71.0 Å². The van der Waals surface area contributed by atoms with Crippen LogP contribution in [-0.4, -0.2) is 31.9 Å². The monoisotopic (exact) mass is 354 g/mol. The van der Waals surface area contributed by atoms with Gasteiger partial charge in [0.25, 0.3) is 5.56 Å². The van der Waals surface area contributed by atoms with Crippen LogP contribution in [0, 0.1) is 5.82 Å². The number of H-pyrrole nitrogens is 1. The molecule has 6 nitrogen and oxygen atoms in total. The van der Waals surface area contributed by atoms with Gasteiger partial charge in [0.2, 0.25) is 5.91 Å². The number of hydrogen-bond donors (Lipinski definition) is 1. The molecular weight excluding hydrogens is 335 g/mol. The molecule has 1 aliphatic heterocycles. The molecule has 3 aromatic rings. The van der Waals surface area contributed by atoms with Gasteiger partial charge in [-0.1, -0.05) is 6.07 Å². The van der Waals surface area contributed by atoms with E-state index in [4.69, 9.17) is 0 Å². The molecule has 3 heterocycles. The number of benzene rings is 1. The molecule has 1 atom stereocenters. The van der Waals surface area contributed by atoms with Gasteiger partial charge < -0.3 is 14.5 Å². The maximum Gasteiger partial charge on any atom is 0.250 e. The van der Waals surface area contributed by atoms with Crippen LogP contribution in [0.3, 0.4) is 0 Å². The van der Waals surface area contributed by atoms with Crippen molar-refractivity contribution in [1.82, 2.24) is 19.4 Å². The zero-order valence-electron chi connectivity index (χ0n) is 14.2. The van der Waals surface area contributed by atoms with Crippen molar-refractivity contribution < 1.29 is 9.18 Å². The lowest BCUT2D eigenvalue weighted by atomic mass is 10.2. The second-order valence-electron chi connectivity index (χ2n) is 6.51. The Labute approximate surface area is 149 Å². The number of nitrogens with one attached hydrogen (secondary N) is 1. The van der Waals surface area contributed by atoms with Gasteiger partial charge in [-0.25, -0.2) is 9.37 Å². The van der Waals surface area contributed by atoms with Gasteiger partial charge in [0.05, 0.1) is 17.1 Å². The second-order valence-corrected chi connectivity index (χ2v) is 6.51. The van der Waals surface area contributed by atoms with Gasteiger partial charge in [-0.3, -0.25) is 9.59 Å². The molecule has 1 saturated heterocycles. The predicted octanol–water partition coefficient (Wildman–Crippen LogP) is 2.62. The van der Waals surface area contributed by atoms with E-state index >= 15 is 0 Å². The van der Waals surface area contributed by atoms with Crippen LogP contribution < -0.4 is 5.56 Å². The van der Waals surface area contributed by atoms with E-state index in [2.05, 4.69) is 9.97 Å². The number of likely N-dealkylation sites (tertiary alicyclic amines) is 1. The van der Waals surface area contributed by atoms with Crippen molar-refractivity contribution in [2.75, 3.05) is 6.54 Å². The van der Waals surface area contributed by atoms with Gasteiger partial charge in [0.1, 0.15) is 11.6 Å². The molecule has 1 N–H and O–H groups in total. The Balaban J connectivity index is 1.51. The average Bonchev–Trinajstić information content (AvgIpc) is 3.26. The lowest BCUT2D eigenvalue weighted by Crippen LogP contribution is -2.32. The molecule has 0 bridgehead atoms. The lowest BCUT2D eigenvalue weighted by Gasteiger charge is -2.23. The lowest BCUT2D eigenvalue weighted by molar-refractivity contribution is -0.132. The molecule has 7 heteroatoms. The Morgan fingerprint density at radius 3 is 3.04 bits per heavy atom. The summed E-state index contributed by atoms with van der Waals surface area (Å²) in [7, 11) is 0. The summed E-state index contributed by atoms with van der Waals surface area (Å²) in [5.41, 5.74) is 1.21. The van der Waals surface area contributed by atoms with Crippen LogP contribution in [0.15, 0.2) is 47.4 Å². The Bertz CT molecular complexity index is 1010. The van der Waals surface area contributed by atoms with Gasteiger partial charge in [-0.05, 0) is 37.1 Å². The van der Waals surface area contributed by atoms with E-state index in [0.29, 0.717) is 29.9 Å². The summed E-state index contributed by atoms with van der Waals surface area (Å²) in [5.74, 6) is 0.364. The van der Waals surface area contributed by atoms with Crippen molar-refractivity contribution in [2.45, 2.75) is 31.8 Å². The molecule has 0 saturated carbocycles. The van der Waals surface area contributed by atoms with E-state index in [1.54, 1.807) is 24.4 Å². The summed E-state index contributed by atoms with van der Waals surface area (Å²) in [6, 6.07) is 9.23. The highest BCUT2D eigenvalue weighted by atomic mass is 19.1. The summed E-state index contributed by atoms with van der Waals surface area (Å²) in [4.78, 5) is 33.9. The molecule has 26 heavy (non-hydrogen) atoms. The zero-order valence-corrected chi connectivity index (χ0v) is 14.2. The van der Waals surface area contributed by atoms with Crippen molar-refractivity contribution in [1.29, 1.82) is 0 Å². The van der Waals surface area contributed by atoms with E-state index in [9.17, 15) is 14.0 Å². The van der Waals surface area contributed by atoms with Gasteiger partial charge in [-0.15, -0.1) is 0 Å². The van der Waals surface area contributed by atoms with Crippen molar-refractivity contribution in [3.05, 3.63) is 64.6 Å². The molecule has 1 unspecified atom stereocenters. The van der Waals surface area contributed by atoms with Crippen LogP contribution in [0.5, 0.6) is 0 Å². The number of rotatable bonds is 4. The number of pyridine rings is 1. The minimum absolute atomic E-state index is 0.00473. The highest BCUT2D eigenvalue weighted by Crippen LogP contribution is 2.32. The minimum atomic E-state index is -0.319. The third-order valence-electron chi connectivity index (χ3n) is 4.82. The van der Waals surface area contributed by atoms with Crippen LogP contribution in [0.4, 0.5) is 4.39 Å². The second kappa shape index (κ2) is 6.74. The molecule has 0 aliphatic carbocycles. The largest absolute Gasteiger partial charge is 0.340 e. The number of imidazole rings is 1. The maximum absolute atomic E-state index is 13.4. The van der Waals surface area contributed by atoms with E-state index in [0.717, 1.165) is 12.8 Å². The fourth-order valence-corrected chi connectivity index (χ4v) is 3.51. The fourth-order valence-electron chi connectivity index (χ4n) is 3.51. The van der Waals surface area contributed by atoms with Crippen LogP contribution in [-0.2, 0) is 11.3 Å².